The van der Waals surface area contributed by atoms with Crippen LogP contribution in [-0.4, -0.2) is 18.1 Å². The van der Waals surface area contributed by atoms with Crippen LogP contribution in [0.1, 0.15) is 26.3 Å². The van der Waals surface area contributed by atoms with Crippen LogP contribution in [0.2, 0.25) is 0 Å². The average molecular weight is 207 g/mol. The lowest BCUT2D eigenvalue weighted by Gasteiger charge is -2.19. The second kappa shape index (κ2) is 4.29. The first-order valence-corrected chi connectivity index (χ1v) is 4.89. The predicted octanol–water partition coefficient (Wildman–Crippen LogP) is 2.13. The predicted molar refractivity (Wildman–Crippen MR) is 61.0 cm³/mol. The van der Waals surface area contributed by atoms with Gasteiger partial charge in [-0.1, -0.05) is 20.8 Å². The molecule has 1 rings (SSSR count). The fourth-order valence-corrected chi connectivity index (χ4v) is 1.14. The van der Waals surface area contributed by atoms with Crippen LogP contribution in [0.15, 0.2) is 18.3 Å². The molecule has 0 aliphatic rings. The zero-order chi connectivity index (χ0) is 11.5. The number of aromatic nitrogens is 1. The Balaban J connectivity index is 2.88. The standard InChI is InChI=1S/C11H17N3O/c1-11(2,3)8-5-6-13-9(7-8)14-10(15)12-4/h5-7H,1-4H3,(H2,12,13,14,15). The summed E-state index contributed by atoms with van der Waals surface area (Å²) >= 11 is 0. The zero-order valence-electron chi connectivity index (χ0n) is 9.59. The molecular formula is C11H17N3O. The number of anilines is 1. The molecular weight excluding hydrogens is 190 g/mol. The topological polar surface area (TPSA) is 54.0 Å². The van der Waals surface area contributed by atoms with Crippen molar-refractivity contribution in [3.63, 3.8) is 0 Å². The fraction of sp³-hybridized carbons (Fsp3) is 0.455. The SMILES string of the molecule is CNC(=O)Nc1cc(C(C)(C)C)ccn1. The third kappa shape index (κ3) is 3.23. The molecule has 0 aromatic carbocycles. The van der Waals surface area contributed by atoms with Crippen LogP contribution in [0.5, 0.6) is 0 Å². The number of urea groups is 1. The van der Waals surface area contributed by atoms with Crippen molar-refractivity contribution in [1.82, 2.24) is 10.3 Å². The summed E-state index contributed by atoms with van der Waals surface area (Å²) in [6, 6.07) is 3.58. The molecule has 0 aliphatic carbocycles. The molecule has 0 saturated heterocycles. The highest BCUT2D eigenvalue weighted by Crippen LogP contribution is 2.23. The number of carbonyl (C=O) groups is 1. The quantitative estimate of drug-likeness (QED) is 0.741. The van der Waals surface area contributed by atoms with E-state index < -0.39 is 0 Å². The summed E-state index contributed by atoms with van der Waals surface area (Å²) in [5.41, 5.74) is 1.20. The van der Waals surface area contributed by atoms with Crippen LogP contribution in [-0.2, 0) is 5.41 Å². The molecule has 0 bridgehead atoms. The minimum absolute atomic E-state index is 0.0576. The van der Waals surface area contributed by atoms with Gasteiger partial charge in [0.05, 0.1) is 0 Å². The second-order valence-electron chi connectivity index (χ2n) is 4.38. The summed E-state index contributed by atoms with van der Waals surface area (Å²) in [6.45, 7) is 6.35. The Hall–Kier alpha value is -1.58. The van der Waals surface area contributed by atoms with E-state index in [9.17, 15) is 4.79 Å². The van der Waals surface area contributed by atoms with Crippen LogP contribution < -0.4 is 10.6 Å². The molecule has 0 spiro atoms. The minimum Gasteiger partial charge on any atom is -0.341 e. The van der Waals surface area contributed by atoms with Gasteiger partial charge in [0.25, 0.3) is 0 Å². The molecule has 4 heteroatoms. The van der Waals surface area contributed by atoms with E-state index in [0.717, 1.165) is 5.56 Å². The smallest absolute Gasteiger partial charge is 0.320 e. The first-order valence-electron chi connectivity index (χ1n) is 4.89. The maximum atomic E-state index is 11.1. The lowest BCUT2D eigenvalue weighted by atomic mass is 9.88. The van der Waals surface area contributed by atoms with Gasteiger partial charge >= 0.3 is 6.03 Å². The van der Waals surface area contributed by atoms with E-state index in [-0.39, 0.29) is 11.4 Å². The number of hydrogen-bond acceptors (Lipinski definition) is 2. The molecule has 0 fully saturated rings. The molecule has 1 heterocycles. The fourth-order valence-electron chi connectivity index (χ4n) is 1.14. The van der Waals surface area contributed by atoms with Crippen molar-refractivity contribution in [2.24, 2.45) is 0 Å². The third-order valence-electron chi connectivity index (χ3n) is 2.09. The maximum Gasteiger partial charge on any atom is 0.320 e. The van der Waals surface area contributed by atoms with Gasteiger partial charge < -0.3 is 5.32 Å². The Bertz CT molecular complexity index is 355. The Morgan fingerprint density at radius 3 is 2.60 bits per heavy atom. The van der Waals surface area contributed by atoms with Gasteiger partial charge in [-0.25, -0.2) is 9.78 Å². The molecule has 82 valence electrons. The molecule has 2 N–H and O–H groups in total. The summed E-state index contributed by atoms with van der Waals surface area (Å²) in [4.78, 5) is 15.1. The monoisotopic (exact) mass is 207 g/mol. The number of nitrogens with zero attached hydrogens (tertiary/aromatic N) is 1. The molecule has 1 aromatic heterocycles. The van der Waals surface area contributed by atoms with Gasteiger partial charge in [-0.05, 0) is 23.1 Å². The number of pyridine rings is 1. The molecule has 4 nitrogen and oxygen atoms in total. The summed E-state index contributed by atoms with van der Waals surface area (Å²) < 4.78 is 0. The molecule has 1 aromatic rings. The van der Waals surface area contributed by atoms with Crippen molar-refractivity contribution in [3.8, 4) is 0 Å². The second-order valence-corrected chi connectivity index (χ2v) is 4.38. The van der Waals surface area contributed by atoms with Crippen molar-refractivity contribution < 1.29 is 4.79 Å². The maximum absolute atomic E-state index is 11.1. The zero-order valence-corrected chi connectivity index (χ0v) is 9.59. The average Bonchev–Trinajstić information content (AvgIpc) is 2.17. The van der Waals surface area contributed by atoms with Gasteiger partial charge in [-0.2, -0.15) is 0 Å². The van der Waals surface area contributed by atoms with Gasteiger partial charge in [-0.15, -0.1) is 0 Å². The van der Waals surface area contributed by atoms with E-state index in [4.69, 9.17) is 0 Å². The third-order valence-corrected chi connectivity index (χ3v) is 2.09. The van der Waals surface area contributed by atoms with E-state index in [1.165, 1.54) is 0 Å². The van der Waals surface area contributed by atoms with Crippen LogP contribution in [0.25, 0.3) is 0 Å². The highest BCUT2D eigenvalue weighted by Gasteiger charge is 2.14. The summed E-state index contributed by atoms with van der Waals surface area (Å²) in [7, 11) is 1.57. The van der Waals surface area contributed by atoms with E-state index in [1.807, 2.05) is 12.1 Å². The molecule has 0 unspecified atom stereocenters. The molecule has 0 atom stereocenters. The van der Waals surface area contributed by atoms with Crippen molar-refractivity contribution in [1.29, 1.82) is 0 Å². The first-order chi connectivity index (χ1) is 6.93. The van der Waals surface area contributed by atoms with E-state index in [2.05, 4.69) is 36.4 Å². The van der Waals surface area contributed by atoms with Gasteiger partial charge in [-0.3, -0.25) is 5.32 Å². The van der Waals surface area contributed by atoms with Crippen LogP contribution in [0.3, 0.4) is 0 Å². The highest BCUT2D eigenvalue weighted by molar-refractivity contribution is 5.87. The number of nitrogens with one attached hydrogen (secondary N) is 2. The summed E-state index contributed by atoms with van der Waals surface area (Å²) in [5, 5.41) is 5.12. The Labute approximate surface area is 90.1 Å². The van der Waals surface area contributed by atoms with Crippen LogP contribution in [0, 0.1) is 0 Å². The van der Waals surface area contributed by atoms with E-state index in [0.29, 0.717) is 5.82 Å². The Morgan fingerprint density at radius 1 is 1.40 bits per heavy atom. The Morgan fingerprint density at radius 2 is 2.07 bits per heavy atom. The molecule has 2 amide bonds. The van der Waals surface area contributed by atoms with E-state index >= 15 is 0 Å². The van der Waals surface area contributed by atoms with Crippen molar-refractivity contribution >= 4 is 11.8 Å². The lowest BCUT2D eigenvalue weighted by Crippen LogP contribution is -2.25. The number of carbonyl (C=O) groups excluding carboxylic acids is 1. The number of hydrogen-bond donors (Lipinski definition) is 2. The van der Waals surface area contributed by atoms with Crippen molar-refractivity contribution in [2.75, 3.05) is 12.4 Å². The Kier molecular flexibility index (Phi) is 3.29. The van der Waals surface area contributed by atoms with Gasteiger partial charge in [0.1, 0.15) is 5.82 Å². The van der Waals surface area contributed by atoms with Gasteiger partial charge in [0.15, 0.2) is 0 Å². The van der Waals surface area contributed by atoms with E-state index in [1.54, 1.807) is 13.2 Å². The minimum atomic E-state index is -0.256. The highest BCUT2D eigenvalue weighted by atomic mass is 16.2. The molecule has 0 aliphatic heterocycles. The lowest BCUT2D eigenvalue weighted by molar-refractivity contribution is 0.254. The summed E-state index contributed by atoms with van der Waals surface area (Å²) in [6.07, 6.45) is 1.70. The summed E-state index contributed by atoms with van der Waals surface area (Å²) in [5.74, 6) is 0.571. The first kappa shape index (κ1) is 11.5. The molecule has 0 saturated carbocycles. The van der Waals surface area contributed by atoms with Gasteiger partial charge in [0, 0.05) is 13.2 Å². The van der Waals surface area contributed by atoms with Crippen LogP contribution in [0.4, 0.5) is 10.6 Å². The largest absolute Gasteiger partial charge is 0.341 e. The van der Waals surface area contributed by atoms with Gasteiger partial charge in [0.2, 0.25) is 0 Å². The molecule has 0 radical (unpaired) electrons. The number of amides is 2. The molecule has 15 heavy (non-hydrogen) atoms. The van der Waals surface area contributed by atoms with Crippen LogP contribution >= 0.6 is 0 Å². The number of rotatable bonds is 1. The van der Waals surface area contributed by atoms with Crippen molar-refractivity contribution in [3.05, 3.63) is 23.9 Å². The normalized spacial score (nSPS) is 10.9. The van der Waals surface area contributed by atoms with Crippen molar-refractivity contribution in [2.45, 2.75) is 26.2 Å².